The highest BCUT2D eigenvalue weighted by atomic mass is 16.3. The molecule has 0 radical (unpaired) electrons. The molecule has 0 spiro atoms. The van der Waals surface area contributed by atoms with Crippen LogP contribution in [-0.2, 0) is 16.1 Å². The minimum absolute atomic E-state index is 0.142. The second kappa shape index (κ2) is 7.97. The molecule has 0 fully saturated rings. The van der Waals surface area contributed by atoms with Gasteiger partial charge in [-0.3, -0.25) is 9.59 Å². The van der Waals surface area contributed by atoms with Crippen molar-refractivity contribution in [3.8, 4) is 6.07 Å². The molecule has 6 heteroatoms. The minimum Gasteiger partial charge on any atom is -0.467 e. The molecule has 124 valence electrons. The van der Waals surface area contributed by atoms with Crippen LogP contribution in [0.5, 0.6) is 0 Å². The van der Waals surface area contributed by atoms with Crippen molar-refractivity contribution in [3.05, 3.63) is 53.5 Å². The first kappa shape index (κ1) is 17.3. The molecule has 0 bridgehead atoms. The van der Waals surface area contributed by atoms with E-state index in [0.717, 1.165) is 11.1 Å². The van der Waals surface area contributed by atoms with E-state index in [0.29, 0.717) is 11.4 Å². The molecule has 1 N–H and O–H groups in total. The number of carbonyl (C=O) groups excluding carboxylic acids is 2. The zero-order valence-corrected chi connectivity index (χ0v) is 13.7. The number of aryl methyl sites for hydroxylation is 1. The lowest BCUT2D eigenvalue weighted by atomic mass is 10.1. The maximum atomic E-state index is 12.4. The van der Waals surface area contributed by atoms with Crippen LogP contribution in [0.1, 0.15) is 23.3 Å². The number of anilines is 1. The highest BCUT2D eigenvalue weighted by molar-refractivity contribution is 6.39. The molecular formula is C18H19N3O3. The van der Waals surface area contributed by atoms with E-state index in [-0.39, 0.29) is 19.5 Å². The Balaban J connectivity index is 2.11. The number of carbonyl (C=O) groups is 2. The Kier molecular flexibility index (Phi) is 5.74. The topological polar surface area (TPSA) is 86.3 Å². The number of nitriles is 1. The first-order valence-corrected chi connectivity index (χ1v) is 7.58. The highest BCUT2D eigenvalue weighted by Crippen LogP contribution is 2.18. The molecule has 2 amide bonds. The van der Waals surface area contributed by atoms with Gasteiger partial charge in [0.2, 0.25) is 0 Å². The summed E-state index contributed by atoms with van der Waals surface area (Å²) in [5.41, 5.74) is 2.54. The van der Waals surface area contributed by atoms with Gasteiger partial charge in [0.15, 0.2) is 0 Å². The van der Waals surface area contributed by atoms with E-state index in [1.54, 1.807) is 18.2 Å². The summed E-state index contributed by atoms with van der Waals surface area (Å²) >= 11 is 0. The second-order valence-corrected chi connectivity index (χ2v) is 5.42. The maximum Gasteiger partial charge on any atom is 0.313 e. The van der Waals surface area contributed by atoms with Crippen LogP contribution in [0.4, 0.5) is 5.69 Å². The number of benzene rings is 1. The number of furan rings is 1. The lowest BCUT2D eigenvalue weighted by Gasteiger charge is -2.20. The van der Waals surface area contributed by atoms with Crippen LogP contribution in [0.15, 0.2) is 41.0 Å². The fourth-order valence-corrected chi connectivity index (χ4v) is 2.23. The fourth-order valence-electron chi connectivity index (χ4n) is 2.23. The molecule has 6 nitrogen and oxygen atoms in total. The van der Waals surface area contributed by atoms with E-state index in [9.17, 15) is 9.59 Å². The Hall–Kier alpha value is -3.07. The lowest BCUT2D eigenvalue weighted by Crippen LogP contribution is -2.39. The van der Waals surface area contributed by atoms with Gasteiger partial charge in [0, 0.05) is 12.2 Å². The summed E-state index contributed by atoms with van der Waals surface area (Å²) in [7, 11) is 0. The van der Waals surface area contributed by atoms with E-state index >= 15 is 0 Å². The van der Waals surface area contributed by atoms with Crippen molar-refractivity contribution in [1.82, 2.24) is 4.90 Å². The standard InChI is InChI=1S/C18H19N3O3/c1-13-6-3-8-16(14(13)2)20-17(22)18(23)21(10-5-9-19)12-15-7-4-11-24-15/h3-4,6-8,11H,5,10,12H2,1-2H3,(H,20,22). The number of nitrogens with zero attached hydrogens (tertiary/aromatic N) is 2. The van der Waals surface area contributed by atoms with Crippen molar-refractivity contribution in [1.29, 1.82) is 5.26 Å². The van der Waals surface area contributed by atoms with E-state index in [2.05, 4.69) is 5.32 Å². The van der Waals surface area contributed by atoms with Crippen molar-refractivity contribution in [2.24, 2.45) is 0 Å². The van der Waals surface area contributed by atoms with E-state index in [4.69, 9.17) is 9.68 Å². The molecule has 2 rings (SSSR count). The molecule has 0 aliphatic carbocycles. The highest BCUT2D eigenvalue weighted by Gasteiger charge is 2.23. The number of hydrogen-bond donors (Lipinski definition) is 1. The van der Waals surface area contributed by atoms with Crippen molar-refractivity contribution in [3.63, 3.8) is 0 Å². The first-order chi connectivity index (χ1) is 11.5. The molecule has 0 aliphatic rings. The largest absolute Gasteiger partial charge is 0.467 e. The summed E-state index contributed by atoms with van der Waals surface area (Å²) in [5, 5.41) is 11.4. The van der Waals surface area contributed by atoms with Gasteiger partial charge in [0.1, 0.15) is 5.76 Å². The zero-order chi connectivity index (χ0) is 17.5. The summed E-state index contributed by atoms with van der Waals surface area (Å²) in [6.45, 7) is 4.12. The summed E-state index contributed by atoms with van der Waals surface area (Å²) in [6, 6.07) is 10.9. The van der Waals surface area contributed by atoms with Crippen LogP contribution in [0.2, 0.25) is 0 Å². The lowest BCUT2D eigenvalue weighted by molar-refractivity contribution is -0.143. The van der Waals surface area contributed by atoms with Crippen molar-refractivity contribution >= 4 is 17.5 Å². The quantitative estimate of drug-likeness (QED) is 0.856. The molecule has 0 saturated carbocycles. The normalized spacial score (nSPS) is 10.0. The average molecular weight is 325 g/mol. The van der Waals surface area contributed by atoms with E-state index < -0.39 is 11.8 Å². The van der Waals surface area contributed by atoms with Gasteiger partial charge in [-0.1, -0.05) is 12.1 Å². The summed E-state index contributed by atoms with van der Waals surface area (Å²) in [6.07, 6.45) is 1.64. The third-order valence-corrected chi connectivity index (χ3v) is 3.75. The number of hydrogen-bond acceptors (Lipinski definition) is 4. The maximum absolute atomic E-state index is 12.4. The van der Waals surface area contributed by atoms with Crippen LogP contribution in [-0.4, -0.2) is 23.3 Å². The Morgan fingerprint density at radius 1 is 1.25 bits per heavy atom. The van der Waals surface area contributed by atoms with Crippen molar-refractivity contribution in [2.45, 2.75) is 26.8 Å². The van der Waals surface area contributed by atoms with Gasteiger partial charge >= 0.3 is 11.8 Å². The Labute approximate surface area is 140 Å². The minimum atomic E-state index is -0.729. The zero-order valence-electron chi connectivity index (χ0n) is 13.7. The molecule has 24 heavy (non-hydrogen) atoms. The smallest absolute Gasteiger partial charge is 0.313 e. The molecule has 1 heterocycles. The summed E-state index contributed by atoms with van der Waals surface area (Å²) < 4.78 is 5.22. The van der Waals surface area contributed by atoms with Gasteiger partial charge in [-0.2, -0.15) is 5.26 Å². The van der Waals surface area contributed by atoms with Gasteiger partial charge < -0.3 is 14.6 Å². The van der Waals surface area contributed by atoms with Crippen LogP contribution in [0, 0.1) is 25.2 Å². The molecule has 1 aromatic heterocycles. The average Bonchev–Trinajstić information content (AvgIpc) is 3.08. The first-order valence-electron chi connectivity index (χ1n) is 7.58. The Morgan fingerprint density at radius 2 is 2.04 bits per heavy atom. The molecule has 2 aromatic rings. The molecular weight excluding hydrogens is 306 g/mol. The SMILES string of the molecule is Cc1cccc(NC(=O)C(=O)N(CCC#N)Cc2ccco2)c1C. The van der Waals surface area contributed by atoms with Crippen molar-refractivity contribution in [2.75, 3.05) is 11.9 Å². The molecule has 0 unspecified atom stereocenters. The van der Waals surface area contributed by atoms with Crippen LogP contribution < -0.4 is 5.32 Å². The molecule has 0 saturated heterocycles. The fraction of sp³-hybridized carbons (Fsp3) is 0.278. The van der Waals surface area contributed by atoms with Crippen LogP contribution >= 0.6 is 0 Å². The van der Waals surface area contributed by atoms with Crippen LogP contribution in [0.3, 0.4) is 0 Å². The van der Waals surface area contributed by atoms with Crippen molar-refractivity contribution < 1.29 is 14.0 Å². The monoisotopic (exact) mass is 325 g/mol. The summed E-state index contributed by atoms with van der Waals surface area (Å²) in [4.78, 5) is 26.0. The van der Waals surface area contributed by atoms with Gasteiger partial charge in [0.05, 0.1) is 25.3 Å². The predicted molar refractivity (Wildman–Crippen MR) is 88.9 cm³/mol. The molecule has 0 atom stereocenters. The predicted octanol–water partition coefficient (Wildman–Crippen LogP) is 2.78. The van der Waals surface area contributed by atoms with Gasteiger partial charge in [-0.15, -0.1) is 0 Å². The number of rotatable bonds is 5. The molecule has 0 aliphatic heterocycles. The summed E-state index contributed by atoms with van der Waals surface area (Å²) in [5.74, 6) is -0.864. The third-order valence-electron chi connectivity index (χ3n) is 3.75. The van der Waals surface area contributed by atoms with Crippen LogP contribution in [0.25, 0.3) is 0 Å². The van der Waals surface area contributed by atoms with Gasteiger partial charge in [-0.05, 0) is 43.2 Å². The third kappa shape index (κ3) is 4.23. The van der Waals surface area contributed by atoms with Gasteiger partial charge in [0.25, 0.3) is 0 Å². The second-order valence-electron chi connectivity index (χ2n) is 5.42. The molecule has 1 aromatic carbocycles. The van der Waals surface area contributed by atoms with E-state index in [1.165, 1.54) is 11.2 Å². The van der Waals surface area contributed by atoms with Gasteiger partial charge in [-0.25, -0.2) is 0 Å². The Bertz CT molecular complexity index is 760. The number of nitrogens with one attached hydrogen (secondary N) is 1. The van der Waals surface area contributed by atoms with E-state index in [1.807, 2.05) is 32.0 Å². The number of amides is 2. The Morgan fingerprint density at radius 3 is 2.71 bits per heavy atom.